The van der Waals surface area contributed by atoms with Gasteiger partial charge in [-0.1, -0.05) is 26.7 Å². The van der Waals surface area contributed by atoms with Crippen LogP contribution in [0.15, 0.2) is 0 Å². The molecule has 0 aromatic carbocycles. The lowest BCUT2D eigenvalue weighted by molar-refractivity contribution is -0.123. The molecule has 82 valence electrons. The number of rotatable bonds is 3. The van der Waals surface area contributed by atoms with E-state index in [-0.39, 0.29) is 11.9 Å². The summed E-state index contributed by atoms with van der Waals surface area (Å²) in [5.74, 6) is 0.628. The van der Waals surface area contributed by atoms with Gasteiger partial charge in [-0.15, -0.1) is 0 Å². The monoisotopic (exact) mass is 198 g/mol. The summed E-state index contributed by atoms with van der Waals surface area (Å²) in [6, 6.07) is 0.0259. The minimum Gasteiger partial charge on any atom is -0.352 e. The summed E-state index contributed by atoms with van der Waals surface area (Å²) in [6.45, 7) is 4.15. The lowest BCUT2D eigenvalue weighted by Gasteiger charge is -2.30. The summed E-state index contributed by atoms with van der Waals surface area (Å²) in [7, 11) is 0. The summed E-state index contributed by atoms with van der Waals surface area (Å²) in [5.41, 5.74) is 5.67. The van der Waals surface area contributed by atoms with Crippen LogP contribution >= 0.6 is 0 Å². The summed E-state index contributed by atoms with van der Waals surface area (Å²) >= 11 is 0. The number of hydrogen-bond acceptors (Lipinski definition) is 2. The molecule has 0 saturated heterocycles. The predicted octanol–water partition coefficient (Wildman–Crippen LogP) is 1.42. The first-order valence-electron chi connectivity index (χ1n) is 5.71. The first-order valence-corrected chi connectivity index (χ1v) is 5.71. The van der Waals surface area contributed by atoms with Gasteiger partial charge in [0.25, 0.3) is 0 Å². The van der Waals surface area contributed by atoms with Crippen LogP contribution in [-0.4, -0.2) is 18.0 Å². The Kier molecular flexibility index (Phi) is 4.39. The second-order valence-corrected chi connectivity index (χ2v) is 4.39. The highest BCUT2D eigenvalue weighted by molar-refractivity contribution is 5.81. The van der Waals surface area contributed by atoms with E-state index in [4.69, 9.17) is 5.73 Å². The minimum atomic E-state index is -0.330. The molecule has 0 aromatic rings. The number of hydrogen-bond donors (Lipinski definition) is 2. The Morgan fingerprint density at radius 1 is 1.50 bits per heavy atom. The van der Waals surface area contributed by atoms with E-state index < -0.39 is 0 Å². The van der Waals surface area contributed by atoms with Gasteiger partial charge in [-0.2, -0.15) is 0 Å². The summed E-state index contributed by atoms with van der Waals surface area (Å²) < 4.78 is 0. The molecule has 1 saturated carbocycles. The van der Waals surface area contributed by atoms with E-state index in [0.29, 0.717) is 18.4 Å². The van der Waals surface area contributed by atoms with E-state index in [0.717, 1.165) is 6.42 Å². The van der Waals surface area contributed by atoms with Crippen LogP contribution < -0.4 is 11.1 Å². The molecule has 0 aromatic heterocycles. The van der Waals surface area contributed by atoms with Crippen molar-refractivity contribution in [2.45, 2.75) is 58.0 Å². The molecular weight excluding hydrogens is 176 g/mol. The van der Waals surface area contributed by atoms with E-state index in [2.05, 4.69) is 12.2 Å². The lowest BCUT2D eigenvalue weighted by Crippen LogP contribution is -2.48. The standard InChI is InChI=1S/C11H22N2O/c1-3-9(12)11(14)13-10-7-5-4-6-8(10)2/h8-10H,3-7,12H2,1-2H3,(H,13,14)/t8?,9-,10?/m0/s1. The van der Waals surface area contributed by atoms with E-state index in [9.17, 15) is 4.79 Å². The van der Waals surface area contributed by atoms with Gasteiger partial charge in [-0.25, -0.2) is 0 Å². The summed E-state index contributed by atoms with van der Waals surface area (Å²) in [6.07, 6.45) is 5.59. The van der Waals surface area contributed by atoms with Crippen molar-refractivity contribution < 1.29 is 4.79 Å². The van der Waals surface area contributed by atoms with Crippen LogP contribution in [0.1, 0.15) is 46.0 Å². The second kappa shape index (κ2) is 5.35. The van der Waals surface area contributed by atoms with Crippen molar-refractivity contribution in [2.24, 2.45) is 11.7 Å². The molecule has 3 N–H and O–H groups in total. The third-order valence-corrected chi connectivity index (χ3v) is 3.22. The molecule has 0 spiro atoms. The zero-order valence-corrected chi connectivity index (χ0v) is 9.25. The van der Waals surface area contributed by atoms with Crippen molar-refractivity contribution in [2.75, 3.05) is 0 Å². The average Bonchev–Trinajstić information content (AvgIpc) is 2.20. The van der Waals surface area contributed by atoms with Gasteiger partial charge in [-0.05, 0) is 25.2 Å². The fourth-order valence-corrected chi connectivity index (χ4v) is 2.01. The largest absolute Gasteiger partial charge is 0.352 e. The van der Waals surface area contributed by atoms with Crippen LogP contribution in [0, 0.1) is 5.92 Å². The lowest BCUT2D eigenvalue weighted by atomic mass is 9.86. The van der Waals surface area contributed by atoms with Gasteiger partial charge < -0.3 is 11.1 Å². The van der Waals surface area contributed by atoms with Gasteiger partial charge in [0.05, 0.1) is 6.04 Å². The van der Waals surface area contributed by atoms with Gasteiger partial charge in [0, 0.05) is 6.04 Å². The third kappa shape index (κ3) is 2.98. The van der Waals surface area contributed by atoms with Crippen LogP contribution in [0.4, 0.5) is 0 Å². The number of amides is 1. The normalized spacial score (nSPS) is 29.6. The van der Waals surface area contributed by atoms with Crippen molar-refractivity contribution in [3.63, 3.8) is 0 Å². The molecule has 0 heterocycles. The Morgan fingerprint density at radius 2 is 2.14 bits per heavy atom. The van der Waals surface area contributed by atoms with Gasteiger partial charge in [0.2, 0.25) is 5.91 Å². The van der Waals surface area contributed by atoms with Crippen LogP contribution in [0.2, 0.25) is 0 Å². The number of carbonyl (C=O) groups is 1. The highest BCUT2D eigenvalue weighted by Crippen LogP contribution is 2.23. The Morgan fingerprint density at radius 3 is 2.71 bits per heavy atom. The molecular formula is C11H22N2O. The van der Waals surface area contributed by atoms with Crippen LogP contribution in [0.25, 0.3) is 0 Å². The van der Waals surface area contributed by atoms with Gasteiger partial charge >= 0.3 is 0 Å². The van der Waals surface area contributed by atoms with E-state index in [1.54, 1.807) is 0 Å². The molecule has 2 unspecified atom stereocenters. The van der Waals surface area contributed by atoms with Gasteiger partial charge in [-0.3, -0.25) is 4.79 Å². The van der Waals surface area contributed by atoms with Crippen molar-refractivity contribution >= 4 is 5.91 Å². The van der Waals surface area contributed by atoms with Gasteiger partial charge in [0.15, 0.2) is 0 Å². The Hall–Kier alpha value is -0.570. The predicted molar refractivity (Wildman–Crippen MR) is 57.8 cm³/mol. The molecule has 1 amide bonds. The second-order valence-electron chi connectivity index (χ2n) is 4.39. The fourth-order valence-electron chi connectivity index (χ4n) is 2.01. The van der Waals surface area contributed by atoms with Crippen molar-refractivity contribution in [3.8, 4) is 0 Å². The summed E-state index contributed by atoms with van der Waals surface area (Å²) in [5, 5.41) is 3.06. The topological polar surface area (TPSA) is 55.1 Å². The molecule has 3 heteroatoms. The minimum absolute atomic E-state index is 0.0197. The Balaban J connectivity index is 2.38. The van der Waals surface area contributed by atoms with Crippen LogP contribution in [-0.2, 0) is 4.79 Å². The Bertz CT molecular complexity index is 194. The van der Waals surface area contributed by atoms with E-state index in [1.807, 2.05) is 6.92 Å². The number of nitrogens with one attached hydrogen (secondary N) is 1. The quantitative estimate of drug-likeness (QED) is 0.720. The molecule has 1 aliphatic carbocycles. The van der Waals surface area contributed by atoms with Crippen molar-refractivity contribution in [3.05, 3.63) is 0 Å². The average molecular weight is 198 g/mol. The first-order chi connectivity index (χ1) is 6.65. The van der Waals surface area contributed by atoms with Crippen molar-refractivity contribution in [1.82, 2.24) is 5.32 Å². The Labute approximate surface area is 86.4 Å². The fraction of sp³-hybridized carbons (Fsp3) is 0.909. The number of nitrogens with two attached hydrogens (primary N) is 1. The number of carbonyl (C=O) groups excluding carboxylic acids is 1. The van der Waals surface area contributed by atoms with Gasteiger partial charge in [0.1, 0.15) is 0 Å². The SMILES string of the molecule is CC[C@H](N)C(=O)NC1CCCCC1C. The third-order valence-electron chi connectivity index (χ3n) is 3.22. The smallest absolute Gasteiger partial charge is 0.237 e. The molecule has 1 fully saturated rings. The van der Waals surface area contributed by atoms with E-state index in [1.165, 1.54) is 19.3 Å². The highest BCUT2D eigenvalue weighted by Gasteiger charge is 2.24. The zero-order chi connectivity index (χ0) is 10.6. The van der Waals surface area contributed by atoms with Crippen LogP contribution in [0.3, 0.4) is 0 Å². The molecule has 3 nitrogen and oxygen atoms in total. The molecule has 3 atom stereocenters. The maximum absolute atomic E-state index is 11.6. The molecule has 0 aliphatic heterocycles. The molecule has 1 rings (SSSR count). The maximum atomic E-state index is 11.6. The molecule has 0 radical (unpaired) electrons. The first kappa shape index (κ1) is 11.5. The zero-order valence-electron chi connectivity index (χ0n) is 9.25. The molecule has 0 bridgehead atoms. The van der Waals surface area contributed by atoms with Crippen LogP contribution in [0.5, 0.6) is 0 Å². The highest BCUT2D eigenvalue weighted by atomic mass is 16.2. The van der Waals surface area contributed by atoms with Crippen molar-refractivity contribution in [1.29, 1.82) is 0 Å². The molecule has 1 aliphatic rings. The van der Waals surface area contributed by atoms with E-state index >= 15 is 0 Å². The molecule has 14 heavy (non-hydrogen) atoms. The maximum Gasteiger partial charge on any atom is 0.237 e. The summed E-state index contributed by atoms with van der Waals surface area (Å²) in [4.78, 5) is 11.6.